The number of benzene rings is 1. The molecule has 5 rings (SSSR count). The number of aromatic amines is 1. The fourth-order valence-corrected chi connectivity index (χ4v) is 4.32. The van der Waals surface area contributed by atoms with Gasteiger partial charge in [0.05, 0.1) is 0 Å². The third-order valence-electron chi connectivity index (χ3n) is 5.47. The van der Waals surface area contributed by atoms with E-state index in [0.29, 0.717) is 22.9 Å². The van der Waals surface area contributed by atoms with Crippen molar-refractivity contribution in [3.63, 3.8) is 0 Å². The van der Waals surface area contributed by atoms with Crippen molar-refractivity contribution < 1.29 is 4.79 Å². The number of aromatic nitrogens is 5. The molecule has 10 heteroatoms. The SMILES string of the molecule is Cc1cc(Nc2nc(Sc3ccc(NC(=O)C4CC4)cc3)nc(N3CCCCC3)n2)n[nH]1. The maximum absolute atomic E-state index is 12.0. The lowest BCUT2D eigenvalue weighted by molar-refractivity contribution is -0.117. The lowest BCUT2D eigenvalue weighted by Crippen LogP contribution is -2.31. The van der Waals surface area contributed by atoms with Crippen LogP contribution in [0.1, 0.15) is 37.8 Å². The summed E-state index contributed by atoms with van der Waals surface area (Å²) in [4.78, 5) is 29.2. The lowest BCUT2D eigenvalue weighted by atomic mass is 10.1. The van der Waals surface area contributed by atoms with Crippen LogP contribution < -0.4 is 15.5 Å². The fraction of sp³-hybridized carbons (Fsp3) is 0.409. The highest BCUT2D eigenvalue weighted by atomic mass is 32.2. The van der Waals surface area contributed by atoms with Crippen LogP contribution >= 0.6 is 11.8 Å². The summed E-state index contributed by atoms with van der Waals surface area (Å²) >= 11 is 1.47. The number of anilines is 4. The number of nitrogens with zero attached hydrogens (tertiary/aromatic N) is 5. The maximum atomic E-state index is 12.0. The number of rotatable bonds is 7. The largest absolute Gasteiger partial charge is 0.341 e. The van der Waals surface area contributed by atoms with E-state index in [0.717, 1.165) is 55.0 Å². The number of hydrogen-bond donors (Lipinski definition) is 3. The summed E-state index contributed by atoms with van der Waals surface area (Å²) in [5, 5.41) is 13.9. The van der Waals surface area contributed by atoms with E-state index >= 15 is 0 Å². The number of H-pyrrole nitrogens is 1. The van der Waals surface area contributed by atoms with Crippen molar-refractivity contribution >= 4 is 41.1 Å². The van der Waals surface area contributed by atoms with Crippen molar-refractivity contribution in [1.82, 2.24) is 25.1 Å². The van der Waals surface area contributed by atoms with Gasteiger partial charge in [-0.15, -0.1) is 0 Å². The molecule has 2 aliphatic rings. The number of amides is 1. The molecule has 1 saturated carbocycles. The molecular weight excluding hydrogens is 424 g/mol. The molecule has 1 aromatic carbocycles. The normalized spacial score (nSPS) is 16.1. The third kappa shape index (κ3) is 5.18. The van der Waals surface area contributed by atoms with Gasteiger partial charge in [0.15, 0.2) is 11.0 Å². The van der Waals surface area contributed by atoms with E-state index < -0.39 is 0 Å². The zero-order valence-electron chi connectivity index (χ0n) is 18.0. The van der Waals surface area contributed by atoms with E-state index in [1.165, 1.54) is 18.2 Å². The lowest BCUT2D eigenvalue weighted by Gasteiger charge is -2.26. The Kier molecular flexibility index (Phi) is 5.93. The Morgan fingerprint density at radius 1 is 1.09 bits per heavy atom. The topological polar surface area (TPSA) is 112 Å². The quantitative estimate of drug-likeness (QED) is 0.492. The first-order valence-electron chi connectivity index (χ1n) is 11.0. The fourth-order valence-electron chi connectivity index (χ4n) is 3.58. The molecule has 3 aromatic rings. The van der Waals surface area contributed by atoms with E-state index in [4.69, 9.17) is 4.98 Å². The molecule has 2 fully saturated rings. The molecule has 9 nitrogen and oxygen atoms in total. The van der Waals surface area contributed by atoms with Crippen molar-refractivity contribution in [3.05, 3.63) is 36.0 Å². The Morgan fingerprint density at radius 3 is 2.56 bits per heavy atom. The summed E-state index contributed by atoms with van der Waals surface area (Å²) in [6.07, 6.45) is 5.51. The molecular formula is C22H26N8OS. The van der Waals surface area contributed by atoms with Gasteiger partial charge in [0.1, 0.15) is 0 Å². The van der Waals surface area contributed by atoms with Gasteiger partial charge in [-0.05, 0) is 75.1 Å². The summed E-state index contributed by atoms with van der Waals surface area (Å²) in [5.41, 5.74) is 1.77. The van der Waals surface area contributed by atoms with Crippen molar-refractivity contribution in [2.45, 2.75) is 49.1 Å². The average Bonchev–Trinajstić information content (AvgIpc) is 3.58. The van der Waals surface area contributed by atoms with Gasteiger partial charge < -0.3 is 15.5 Å². The van der Waals surface area contributed by atoms with Crippen LogP contribution in [0.5, 0.6) is 0 Å². The summed E-state index contributed by atoms with van der Waals surface area (Å²) in [6.45, 7) is 3.84. The minimum Gasteiger partial charge on any atom is -0.341 e. The molecule has 1 aliphatic carbocycles. The van der Waals surface area contributed by atoms with Crippen molar-refractivity contribution in [2.75, 3.05) is 28.6 Å². The molecule has 32 heavy (non-hydrogen) atoms. The van der Waals surface area contributed by atoms with Gasteiger partial charge in [0.2, 0.25) is 17.8 Å². The second-order valence-corrected chi connectivity index (χ2v) is 9.28. The Labute approximate surface area is 190 Å². The molecule has 0 unspecified atom stereocenters. The van der Waals surface area contributed by atoms with Crippen molar-refractivity contribution in [3.8, 4) is 0 Å². The van der Waals surface area contributed by atoms with E-state index in [1.54, 1.807) is 0 Å². The van der Waals surface area contributed by atoms with Gasteiger partial charge in [-0.2, -0.15) is 20.1 Å². The number of aryl methyl sites for hydroxylation is 1. The van der Waals surface area contributed by atoms with Gasteiger partial charge in [0, 0.05) is 41.4 Å². The smallest absolute Gasteiger partial charge is 0.234 e. The third-order valence-corrected chi connectivity index (χ3v) is 6.34. The Morgan fingerprint density at radius 2 is 1.88 bits per heavy atom. The van der Waals surface area contributed by atoms with Gasteiger partial charge >= 0.3 is 0 Å². The van der Waals surface area contributed by atoms with Gasteiger partial charge in [-0.1, -0.05) is 0 Å². The highest BCUT2D eigenvalue weighted by Gasteiger charge is 2.29. The van der Waals surface area contributed by atoms with Crippen LogP contribution in [-0.2, 0) is 4.79 Å². The first-order valence-corrected chi connectivity index (χ1v) is 11.8. The number of carbonyl (C=O) groups is 1. The zero-order chi connectivity index (χ0) is 21.9. The monoisotopic (exact) mass is 450 g/mol. The van der Waals surface area contributed by atoms with Crippen LogP contribution in [0.3, 0.4) is 0 Å². The van der Waals surface area contributed by atoms with Crippen LogP contribution in [0.4, 0.5) is 23.4 Å². The molecule has 0 spiro atoms. The molecule has 1 amide bonds. The number of hydrogen-bond acceptors (Lipinski definition) is 8. The minimum absolute atomic E-state index is 0.110. The van der Waals surface area contributed by atoms with Crippen molar-refractivity contribution in [2.24, 2.45) is 5.92 Å². The average molecular weight is 451 g/mol. The molecule has 0 radical (unpaired) electrons. The highest BCUT2D eigenvalue weighted by Crippen LogP contribution is 2.32. The van der Waals surface area contributed by atoms with Gasteiger partial charge in [-0.3, -0.25) is 9.89 Å². The second-order valence-electron chi connectivity index (χ2n) is 8.24. The summed E-state index contributed by atoms with van der Waals surface area (Å²) in [6, 6.07) is 9.69. The zero-order valence-corrected chi connectivity index (χ0v) is 18.8. The second kappa shape index (κ2) is 9.15. The summed E-state index contributed by atoms with van der Waals surface area (Å²) in [7, 11) is 0. The summed E-state index contributed by atoms with van der Waals surface area (Å²) in [5.74, 6) is 2.13. The van der Waals surface area contributed by atoms with Crippen LogP contribution in [0.25, 0.3) is 0 Å². The first-order chi connectivity index (χ1) is 15.6. The Hall–Kier alpha value is -3.14. The van der Waals surface area contributed by atoms with Crippen LogP contribution in [0.2, 0.25) is 0 Å². The molecule has 166 valence electrons. The van der Waals surface area contributed by atoms with Crippen LogP contribution in [0, 0.1) is 12.8 Å². The van der Waals surface area contributed by atoms with Crippen LogP contribution in [-0.4, -0.2) is 44.1 Å². The van der Waals surface area contributed by atoms with E-state index in [2.05, 4.69) is 35.7 Å². The van der Waals surface area contributed by atoms with E-state index in [-0.39, 0.29) is 11.8 Å². The highest BCUT2D eigenvalue weighted by molar-refractivity contribution is 7.99. The van der Waals surface area contributed by atoms with Crippen LogP contribution in [0.15, 0.2) is 40.4 Å². The van der Waals surface area contributed by atoms with Gasteiger partial charge in [0.25, 0.3) is 0 Å². The predicted molar refractivity (Wildman–Crippen MR) is 124 cm³/mol. The number of carbonyl (C=O) groups excluding carboxylic acids is 1. The maximum Gasteiger partial charge on any atom is 0.234 e. The Balaban J connectivity index is 1.35. The number of nitrogens with one attached hydrogen (secondary N) is 3. The van der Waals surface area contributed by atoms with Gasteiger partial charge in [-0.25, -0.2) is 0 Å². The molecule has 0 bridgehead atoms. The molecule has 1 saturated heterocycles. The molecule has 2 aromatic heterocycles. The molecule has 1 aliphatic heterocycles. The Bertz CT molecular complexity index is 1090. The van der Waals surface area contributed by atoms with E-state index in [9.17, 15) is 4.79 Å². The molecule has 0 atom stereocenters. The number of piperidine rings is 1. The first kappa shape index (κ1) is 20.7. The van der Waals surface area contributed by atoms with E-state index in [1.807, 2.05) is 37.3 Å². The summed E-state index contributed by atoms with van der Waals surface area (Å²) < 4.78 is 0. The van der Waals surface area contributed by atoms with Crippen molar-refractivity contribution in [1.29, 1.82) is 0 Å². The standard InChI is InChI=1S/C22H26N8OS/c1-14-13-18(29-28-14)24-20-25-21(30-11-3-2-4-12-30)27-22(26-20)32-17-9-7-16(8-10-17)23-19(31)15-5-6-15/h7-10,13,15H,2-6,11-12H2,1H3,(H,23,31)(H2,24,25,26,27,28,29). The predicted octanol–water partition coefficient (Wildman–Crippen LogP) is 4.14. The minimum atomic E-state index is 0.110. The molecule has 3 heterocycles. The molecule has 3 N–H and O–H groups in total.